The molecule has 5 heteroatoms. The molecule has 0 radical (unpaired) electrons. The van der Waals surface area contributed by atoms with E-state index in [1.54, 1.807) is 7.11 Å². The third-order valence-corrected chi connectivity index (χ3v) is 6.06. The molecular formula is C26H31N3O2. The van der Waals surface area contributed by atoms with E-state index in [0.29, 0.717) is 6.54 Å². The van der Waals surface area contributed by atoms with E-state index in [4.69, 9.17) is 4.74 Å². The van der Waals surface area contributed by atoms with Gasteiger partial charge in [-0.3, -0.25) is 9.69 Å². The molecule has 1 amide bonds. The number of ether oxygens (including phenoxy) is 1. The molecule has 1 N–H and O–H groups in total. The minimum atomic E-state index is -0.0396. The topological polar surface area (TPSA) is 46.5 Å². The fourth-order valence-corrected chi connectivity index (χ4v) is 4.47. The molecule has 31 heavy (non-hydrogen) atoms. The van der Waals surface area contributed by atoms with E-state index in [-0.39, 0.29) is 23.9 Å². The van der Waals surface area contributed by atoms with Gasteiger partial charge in [0.15, 0.2) is 0 Å². The van der Waals surface area contributed by atoms with Crippen LogP contribution in [0.3, 0.4) is 0 Å². The van der Waals surface area contributed by atoms with Crippen LogP contribution in [0.15, 0.2) is 72.9 Å². The molecule has 1 aromatic heterocycles. The fraction of sp³-hybridized carbons (Fsp3) is 0.346. The third-order valence-electron chi connectivity index (χ3n) is 6.06. The zero-order valence-corrected chi connectivity index (χ0v) is 18.5. The van der Waals surface area contributed by atoms with Crippen LogP contribution in [0.2, 0.25) is 0 Å². The number of fused-ring (bicyclic) bond motifs is 1. The Morgan fingerprint density at radius 1 is 1.03 bits per heavy atom. The van der Waals surface area contributed by atoms with Crippen molar-refractivity contribution >= 4 is 5.91 Å². The average molecular weight is 418 g/mol. The van der Waals surface area contributed by atoms with E-state index in [0.717, 1.165) is 24.4 Å². The van der Waals surface area contributed by atoms with Gasteiger partial charge in [0, 0.05) is 25.0 Å². The summed E-state index contributed by atoms with van der Waals surface area (Å²) in [7, 11) is 1.66. The summed E-state index contributed by atoms with van der Waals surface area (Å²) in [5.74, 6) is 1.15. The summed E-state index contributed by atoms with van der Waals surface area (Å²) in [5.41, 5.74) is 3.54. The number of amides is 1. The maximum Gasteiger partial charge on any atom is 0.234 e. The van der Waals surface area contributed by atoms with Crippen LogP contribution in [0, 0.1) is 5.92 Å². The van der Waals surface area contributed by atoms with Crippen molar-refractivity contribution in [3.63, 3.8) is 0 Å². The highest BCUT2D eigenvalue weighted by Crippen LogP contribution is 2.32. The first-order valence-corrected chi connectivity index (χ1v) is 10.9. The number of aromatic nitrogens is 1. The minimum absolute atomic E-state index is 0.0396. The Morgan fingerprint density at radius 2 is 1.77 bits per heavy atom. The predicted molar refractivity (Wildman–Crippen MR) is 123 cm³/mol. The largest absolute Gasteiger partial charge is 0.497 e. The van der Waals surface area contributed by atoms with Crippen LogP contribution < -0.4 is 10.1 Å². The van der Waals surface area contributed by atoms with Gasteiger partial charge in [-0.25, -0.2) is 0 Å². The molecule has 2 heterocycles. The maximum absolute atomic E-state index is 13.2. The van der Waals surface area contributed by atoms with Gasteiger partial charge in [-0.1, -0.05) is 56.3 Å². The highest BCUT2D eigenvalue weighted by molar-refractivity contribution is 5.78. The lowest BCUT2D eigenvalue weighted by atomic mass is 9.95. The molecule has 0 bridgehead atoms. The van der Waals surface area contributed by atoms with Crippen LogP contribution in [-0.2, 0) is 11.3 Å². The monoisotopic (exact) mass is 417 g/mol. The Morgan fingerprint density at radius 3 is 2.45 bits per heavy atom. The van der Waals surface area contributed by atoms with Crippen molar-refractivity contribution in [3.8, 4) is 5.75 Å². The smallest absolute Gasteiger partial charge is 0.234 e. The number of nitrogens with one attached hydrogen (secondary N) is 1. The van der Waals surface area contributed by atoms with Crippen LogP contribution >= 0.6 is 0 Å². The molecule has 5 nitrogen and oxygen atoms in total. The molecule has 2 aromatic carbocycles. The van der Waals surface area contributed by atoms with E-state index >= 15 is 0 Å². The SMILES string of the molecule is COc1ccc(C(NC(=O)CN2CCn3cccc3C2c2ccccc2)C(C)C)cc1. The fourth-order valence-electron chi connectivity index (χ4n) is 4.47. The van der Waals surface area contributed by atoms with Gasteiger partial charge in [-0.05, 0) is 41.3 Å². The lowest BCUT2D eigenvalue weighted by Crippen LogP contribution is -2.45. The van der Waals surface area contributed by atoms with Gasteiger partial charge in [0.25, 0.3) is 0 Å². The number of hydrogen-bond acceptors (Lipinski definition) is 3. The quantitative estimate of drug-likeness (QED) is 0.619. The van der Waals surface area contributed by atoms with Crippen molar-refractivity contribution in [1.29, 1.82) is 0 Å². The first-order valence-electron chi connectivity index (χ1n) is 10.9. The summed E-state index contributed by atoms with van der Waals surface area (Å²) in [6.07, 6.45) is 2.13. The second kappa shape index (κ2) is 9.40. The van der Waals surface area contributed by atoms with Crippen LogP contribution in [0.5, 0.6) is 5.75 Å². The van der Waals surface area contributed by atoms with Gasteiger partial charge in [0.2, 0.25) is 5.91 Å². The molecule has 1 aliphatic heterocycles. The molecule has 4 rings (SSSR count). The number of nitrogens with zero attached hydrogens (tertiary/aromatic N) is 2. The van der Waals surface area contributed by atoms with Crippen molar-refractivity contribution in [2.45, 2.75) is 32.5 Å². The van der Waals surface area contributed by atoms with E-state index in [1.165, 1.54) is 11.3 Å². The van der Waals surface area contributed by atoms with Gasteiger partial charge in [-0.2, -0.15) is 0 Å². The summed E-state index contributed by atoms with van der Waals surface area (Å²) in [6, 6.07) is 22.7. The van der Waals surface area contributed by atoms with Gasteiger partial charge < -0.3 is 14.6 Å². The van der Waals surface area contributed by atoms with Crippen LogP contribution in [-0.4, -0.2) is 35.6 Å². The van der Waals surface area contributed by atoms with Crippen LogP contribution in [0.4, 0.5) is 0 Å². The average Bonchev–Trinajstić information content (AvgIpc) is 3.26. The third kappa shape index (κ3) is 4.67. The summed E-state index contributed by atoms with van der Waals surface area (Å²) in [5, 5.41) is 3.28. The van der Waals surface area contributed by atoms with Gasteiger partial charge >= 0.3 is 0 Å². The molecule has 1 aliphatic rings. The van der Waals surface area contributed by atoms with Crippen molar-refractivity contribution in [2.24, 2.45) is 5.92 Å². The summed E-state index contributed by atoms with van der Waals surface area (Å²) in [4.78, 5) is 15.4. The van der Waals surface area contributed by atoms with E-state index in [2.05, 4.69) is 71.2 Å². The van der Waals surface area contributed by atoms with Gasteiger partial charge in [0.1, 0.15) is 5.75 Å². The normalized spacial score (nSPS) is 17.2. The van der Waals surface area contributed by atoms with Crippen LogP contribution in [0.25, 0.3) is 0 Å². The molecule has 0 fully saturated rings. The van der Waals surface area contributed by atoms with Crippen molar-refractivity contribution in [1.82, 2.24) is 14.8 Å². The second-order valence-corrected chi connectivity index (χ2v) is 8.47. The first kappa shape index (κ1) is 21.2. The molecule has 0 saturated heterocycles. The van der Waals surface area contributed by atoms with Crippen molar-refractivity contribution in [3.05, 3.63) is 89.7 Å². The lowest BCUT2D eigenvalue weighted by Gasteiger charge is -2.37. The predicted octanol–water partition coefficient (Wildman–Crippen LogP) is 4.42. The zero-order valence-electron chi connectivity index (χ0n) is 18.5. The molecule has 2 atom stereocenters. The zero-order chi connectivity index (χ0) is 21.8. The van der Waals surface area contributed by atoms with Gasteiger partial charge in [-0.15, -0.1) is 0 Å². The number of rotatable bonds is 7. The van der Waals surface area contributed by atoms with Crippen molar-refractivity contribution < 1.29 is 9.53 Å². The molecule has 0 spiro atoms. The molecule has 3 aromatic rings. The Balaban J connectivity index is 1.52. The highest BCUT2D eigenvalue weighted by Gasteiger charge is 2.30. The number of methoxy groups -OCH3 is 1. The molecule has 0 aliphatic carbocycles. The Labute approximate surface area is 184 Å². The summed E-state index contributed by atoms with van der Waals surface area (Å²) < 4.78 is 7.56. The molecule has 2 unspecified atom stereocenters. The first-order chi connectivity index (χ1) is 15.1. The standard InChI is InChI=1S/C26H31N3O2/c1-19(2)25(20-11-13-22(31-3)14-12-20)27-24(30)18-29-17-16-28-15-7-10-23(28)26(29)21-8-5-4-6-9-21/h4-15,19,25-26H,16-18H2,1-3H3,(H,27,30). The van der Waals surface area contributed by atoms with Gasteiger partial charge in [0.05, 0.1) is 25.7 Å². The lowest BCUT2D eigenvalue weighted by molar-refractivity contribution is -0.124. The van der Waals surface area contributed by atoms with E-state index < -0.39 is 0 Å². The Bertz CT molecular complexity index is 995. The highest BCUT2D eigenvalue weighted by atomic mass is 16.5. The number of carbonyl (C=O) groups is 1. The number of carbonyl (C=O) groups excluding carboxylic acids is 1. The number of benzene rings is 2. The Hall–Kier alpha value is -3.05. The van der Waals surface area contributed by atoms with E-state index in [1.807, 2.05) is 30.3 Å². The van der Waals surface area contributed by atoms with Crippen molar-refractivity contribution in [2.75, 3.05) is 20.2 Å². The van der Waals surface area contributed by atoms with Crippen LogP contribution in [0.1, 0.15) is 42.8 Å². The minimum Gasteiger partial charge on any atom is -0.497 e. The number of hydrogen-bond donors (Lipinski definition) is 1. The second-order valence-electron chi connectivity index (χ2n) is 8.47. The molecular weight excluding hydrogens is 386 g/mol. The summed E-state index contributed by atoms with van der Waals surface area (Å²) >= 11 is 0. The Kier molecular flexibility index (Phi) is 6.42. The van der Waals surface area contributed by atoms with E-state index in [9.17, 15) is 4.79 Å². The molecule has 162 valence electrons. The maximum atomic E-state index is 13.2. The summed E-state index contributed by atoms with van der Waals surface area (Å²) in [6.45, 7) is 6.37. The molecule has 0 saturated carbocycles.